The number of hydrogen-bond acceptors (Lipinski definition) is 1. The van der Waals surface area contributed by atoms with Crippen molar-refractivity contribution in [3.63, 3.8) is 0 Å². The lowest BCUT2D eigenvalue weighted by atomic mass is 9.92. The van der Waals surface area contributed by atoms with Gasteiger partial charge in [-0.3, -0.25) is 0 Å². The first-order valence-electron chi connectivity index (χ1n) is 7.66. The molecule has 0 radical (unpaired) electrons. The molecule has 0 spiro atoms. The number of allylic oxidation sites excluding steroid dienone is 2. The molecule has 96 valence electrons. The van der Waals surface area contributed by atoms with Crippen LogP contribution in [0.5, 0.6) is 0 Å². The monoisotopic (exact) mass is 234 g/mol. The zero-order chi connectivity index (χ0) is 11.8. The Morgan fingerprint density at radius 3 is 2.82 bits per heavy atom. The molecule has 17 heavy (non-hydrogen) atoms. The molecule has 0 aromatic rings. The van der Waals surface area contributed by atoms with E-state index in [2.05, 4.69) is 19.1 Å². The van der Waals surface area contributed by atoms with Gasteiger partial charge in [-0.1, -0.05) is 31.9 Å². The molecule has 3 rings (SSSR count). The van der Waals surface area contributed by atoms with Gasteiger partial charge in [0, 0.05) is 0 Å². The van der Waals surface area contributed by atoms with Gasteiger partial charge in [-0.05, 0) is 61.7 Å². The van der Waals surface area contributed by atoms with E-state index in [0.717, 1.165) is 42.4 Å². The van der Waals surface area contributed by atoms with Gasteiger partial charge >= 0.3 is 0 Å². The van der Waals surface area contributed by atoms with E-state index in [4.69, 9.17) is 0 Å². The molecule has 6 atom stereocenters. The topological polar surface area (TPSA) is 20.2 Å². The van der Waals surface area contributed by atoms with Gasteiger partial charge < -0.3 is 5.11 Å². The van der Waals surface area contributed by atoms with Gasteiger partial charge in [0.2, 0.25) is 0 Å². The molecule has 4 unspecified atom stereocenters. The van der Waals surface area contributed by atoms with Crippen LogP contribution in [0.15, 0.2) is 12.2 Å². The molecule has 3 fully saturated rings. The van der Waals surface area contributed by atoms with Gasteiger partial charge in [-0.15, -0.1) is 0 Å². The molecule has 3 saturated carbocycles. The zero-order valence-electron chi connectivity index (χ0n) is 11.0. The summed E-state index contributed by atoms with van der Waals surface area (Å²) in [4.78, 5) is 0. The highest BCUT2D eigenvalue weighted by molar-refractivity contribution is 5.17. The van der Waals surface area contributed by atoms with Crippen molar-refractivity contribution in [3.8, 4) is 0 Å². The van der Waals surface area contributed by atoms with Crippen LogP contribution in [0.4, 0.5) is 0 Å². The van der Waals surface area contributed by atoms with E-state index in [1.165, 1.54) is 32.1 Å². The summed E-state index contributed by atoms with van der Waals surface area (Å²) < 4.78 is 0. The van der Waals surface area contributed by atoms with Crippen LogP contribution in [0, 0.1) is 29.6 Å². The molecule has 0 heterocycles. The number of rotatable bonds is 5. The molecule has 3 aliphatic rings. The van der Waals surface area contributed by atoms with Gasteiger partial charge in [0.25, 0.3) is 0 Å². The number of hydrogen-bond donors (Lipinski definition) is 1. The van der Waals surface area contributed by atoms with Crippen LogP contribution >= 0.6 is 0 Å². The van der Waals surface area contributed by atoms with E-state index >= 15 is 0 Å². The summed E-state index contributed by atoms with van der Waals surface area (Å²) in [6, 6.07) is 0. The standard InChI is InChI=1S/C16H26O/c1-2-3-4-5-6-7-13-15-9-11-8-12(17)10-14(11)16(13)15/h6-7,11-17H,2-5,8-10H2,1H3/t11?,12?,13?,14?,15-,16-/m1/s1. The molecule has 1 N–H and O–H groups in total. The summed E-state index contributed by atoms with van der Waals surface area (Å²) in [7, 11) is 0. The van der Waals surface area contributed by atoms with E-state index in [1.807, 2.05) is 0 Å². The maximum Gasteiger partial charge on any atom is 0.0545 e. The molecular weight excluding hydrogens is 208 g/mol. The Morgan fingerprint density at radius 1 is 1.12 bits per heavy atom. The van der Waals surface area contributed by atoms with Crippen molar-refractivity contribution < 1.29 is 5.11 Å². The molecule has 0 saturated heterocycles. The highest BCUT2D eigenvalue weighted by Crippen LogP contribution is 2.67. The van der Waals surface area contributed by atoms with E-state index in [1.54, 1.807) is 0 Å². The molecule has 0 aliphatic heterocycles. The minimum absolute atomic E-state index is 0.0285. The second kappa shape index (κ2) is 4.76. The van der Waals surface area contributed by atoms with Crippen LogP contribution in [-0.4, -0.2) is 11.2 Å². The number of aliphatic hydroxyl groups excluding tert-OH is 1. The summed E-state index contributed by atoms with van der Waals surface area (Å²) >= 11 is 0. The Labute approximate surface area is 105 Å². The van der Waals surface area contributed by atoms with Crippen LogP contribution < -0.4 is 0 Å². The summed E-state index contributed by atoms with van der Waals surface area (Å²) in [5, 5.41) is 9.71. The summed E-state index contributed by atoms with van der Waals surface area (Å²) in [6.45, 7) is 2.26. The first-order valence-corrected chi connectivity index (χ1v) is 7.66. The van der Waals surface area contributed by atoms with Crippen molar-refractivity contribution in [1.82, 2.24) is 0 Å². The largest absolute Gasteiger partial charge is 0.393 e. The SMILES string of the molecule is CCCCCC=CC1[C@@H]2C3CC(O)CC3C[C@H]12. The van der Waals surface area contributed by atoms with Gasteiger partial charge in [-0.25, -0.2) is 0 Å². The van der Waals surface area contributed by atoms with Gasteiger partial charge in [-0.2, -0.15) is 0 Å². The van der Waals surface area contributed by atoms with Gasteiger partial charge in [0.1, 0.15) is 0 Å². The van der Waals surface area contributed by atoms with Crippen LogP contribution in [0.1, 0.15) is 51.9 Å². The van der Waals surface area contributed by atoms with Gasteiger partial charge in [0.05, 0.1) is 6.10 Å². The summed E-state index contributed by atoms with van der Waals surface area (Å²) in [5.74, 6) is 4.60. The predicted octanol–water partition coefficient (Wildman–Crippen LogP) is 3.78. The first kappa shape index (κ1) is 11.8. The lowest BCUT2D eigenvalue weighted by Gasteiger charge is -2.13. The van der Waals surface area contributed by atoms with Crippen LogP contribution in [0.2, 0.25) is 0 Å². The van der Waals surface area contributed by atoms with E-state index in [0.29, 0.717) is 0 Å². The van der Waals surface area contributed by atoms with E-state index in [-0.39, 0.29) is 6.10 Å². The van der Waals surface area contributed by atoms with Gasteiger partial charge in [0.15, 0.2) is 0 Å². The fourth-order valence-corrected chi connectivity index (χ4v) is 4.60. The average Bonchev–Trinajstić information content (AvgIpc) is 2.63. The highest BCUT2D eigenvalue weighted by Gasteiger charge is 2.62. The van der Waals surface area contributed by atoms with Crippen molar-refractivity contribution in [2.75, 3.05) is 0 Å². The molecule has 0 aromatic heterocycles. The molecule has 3 aliphatic carbocycles. The maximum atomic E-state index is 9.71. The molecule has 1 nitrogen and oxygen atoms in total. The molecule has 0 amide bonds. The molecule has 1 heteroatoms. The second-order valence-corrected chi connectivity index (χ2v) is 6.53. The minimum atomic E-state index is 0.0285. The highest BCUT2D eigenvalue weighted by atomic mass is 16.3. The van der Waals surface area contributed by atoms with Crippen molar-refractivity contribution in [3.05, 3.63) is 12.2 Å². The normalized spacial score (nSPS) is 47.4. The van der Waals surface area contributed by atoms with E-state index < -0.39 is 0 Å². The third-order valence-corrected chi connectivity index (χ3v) is 5.42. The quantitative estimate of drug-likeness (QED) is 0.567. The van der Waals surface area contributed by atoms with Crippen molar-refractivity contribution in [1.29, 1.82) is 0 Å². The van der Waals surface area contributed by atoms with Crippen LogP contribution in [-0.2, 0) is 0 Å². The van der Waals surface area contributed by atoms with Crippen molar-refractivity contribution >= 4 is 0 Å². The second-order valence-electron chi connectivity index (χ2n) is 6.53. The lowest BCUT2D eigenvalue weighted by molar-refractivity contribution is 0.171. The lowest BCUT2D eigenvalue weighted by Crippen LogP contribution is -2.06. The molecular formula is C16H26O. The Hall–Kier alpha value is -0.300. The van der Waals surface area contributed by atoms with E-state index in [9.17, 15) is 5.11 Å². The predicted molar refractivity (Wildman–Crippen MR) is 70.6 cm³/mol. The van der Waals surface area contributed by atoms with Crippen molar-refractivity contribution in [2.24, 2.45) is 29.6 Å². The molecule has 0 aromatic carbocycles. The fourth-order valence-electron chi connectivity index (χ4n) is 4.60. The number of fused-ring (bicyclic) bond motifs is 3. The number of aliphatic hydroxyl groups is 1. The Morgan fingerprint density at radius 2 is 2.00 bits per heavy atom. The summed E-state index contributed by atoms with van der Waals surface area (Å²) in [6.07, 6.45) is 13.9. The Bertz CT molecular complexity index is 296. The zero-order valence-corrected chi connectivity index (χ0v) is 11.0. The fraction of sp³-hybridized carbons (Fsp3) is 0.875. The first-order chi connectivity index (χ1) is 8.31. The molecule has 0 bridgehead atoms. The summed E-state index contributed by atoms with van der Waals surface area (Å²) in [5.41, 5.74) is 0. The Kier molecular flexibility index (Phi) is 3.30. The third-order valence-electron chi connectivity index (χ3n) is 5.42. The van der Waals surface area contributed by atoms with Crippen LogP contribution in [0.25, 0.3) is 0 Å². The van der Waals surface area contributed by atoms with Crippen molar-refractivity contribution in [2.45, 2.75) is 58.0 Å². The third kappa shape index (κ3) is 2.19. The Balaban J connectivity index is 1.44. The number of unbranched alkanes of at least 4 members (excludes halogenated alkanes) is 3. The smallest absolute Gasteiger partial charge is 0.0545 e. The maximum absolute atomic E-state index is 9.71. The minimum Gasteiger partial charge on any atom is -0.393 e. The average molecular weight is 234 g/mol. The van der Waals surface area contributed by atoms with Crippen LogP contribution in [0.3, 0.4) is 0 Å².